The average Bonchev–Trinajstić information content (AvgIpc) is 2.99. The highest BCUT2D eigenvalue weighted by atomic mass is 32.2. The van der Waals surface area contributed by atoms with E-state index in [4.69, 9.17) is 0 Å². The first-order valence-electron chi connectivity index (χ1n) is 6.23. The second-order valence-electron chi connectivity index (χ2n) is 4.64. The number of carbonyl (C=O) groups is 2. The van der Waals surface area contributed by atoms with E-state index in [-0.39, 0.29) is 5.91 Å². The summed E-state index contributed by atoms with van der Waals surface area (Å²) in [6, 6.07) is 0. The number of nitrogens with one attached hydrogen (secondary N) is 1. The van der Waals surface area contributed by atoms with E-state index in [1.54, 1.807) is 22.6 Å². The zero-order valence-electron chi connectivity index (χ0n) is 10.8. The molecule has 6 nitrogen and oxygen atoms in total. The lowest BCUT2D eigenvalue weighted by Crippen LogP contribution is -2.54. The van der Waals surface area contributed by atoms with Crippen LogP contribution in [0.3, 0.4) is 0 Å². The molecule has 1 unspecified atom stereocenters. The lowest BCUT2D eigenvalue weighted by atomic mass is 9.99. The molecule has 1 saturated heterocycles. The fraction of sp³-hybridized carbons (Fsp3) is 0.583. The molecule has 1 aromatic heterocycles. The topological polar surface area (TPSA) is 84.2 Å². The Kier molecular flexibility index (Phi) is 4.14. The first-order chi connectivity index (χ1) is 9.07. The Morgan fingerprint density at radius 3 is 3.00 bits per heavy atom. The second-order valence-corrected chi connectivity index (χ2v) is 5.74. The Labute approximate surface area is 115 Å². The third kappa shape index (κ3) is 2.91. The van der Waals surface area contributed by atoms with Gasteiger partial charge in [-0.1, -0.05) is 6.92 Å². The van der Waals surface area contributed by atoms with Crippen molar-refractivity contribution in [2.24, 2.45) is 0 Å². The fourth-order valence-corrected chi connectivity index (χ4v) is 3.33. The average molecular weight is 283 g/mol. The third-order valence-corrected chi connectivity index (χ3v) is 4.32. The molecule has 19 heavy (non-hydrogen) atoms. The molecule has 104 valence electrons. The minimum absolute atomic E-state index is 0.368. The van der Waals surface area contributed by atoms with Crippen LogP contribution in [-0.2, 0) is 11.3 Å². The van der Waals surface area contributed by atoms with Gasteiger partial charge in [-0.25, -0.2) is 4.79 Å². The van der Waals surface area contributed by atoms with Gasteiger partial charge in [0, 0.05) is 18.5 Å². The van der Waals surface area contributed by atoms with E-state index in [0.29, 0.717) is 17.7 Å². The molecular weight excluding hydrogens is 266 g/mol. The van der Waals surface area contributed by atoms with Crippen LogP contribution in [0.4, 0.5) is 0 Å². The standard InChI is InChI=1S/C12H17N3O3S/c1-2-4-15-7-9(6-13-15)10(16)14-12(11(17)18)3-5-19-8-12/h6-7H,2-5,8H2,1H3,(H,14,16)(H,17,18). The minimum atomic E-state index is -1.13. The number of thioether (sulfide) groups is 1. The number of amides is 1. The van der Waals surface area contributed by atoms with Crippen LogP contribution in [0.5, 0.6) is 0 Å². The summed E-state index contributed by atoms with van der Waals surface area (Å²) in [4.78, 5) is 23.4. The summed E-state index contributed by atoms with van der Waals surface area (Å²) in [6.07, 6.45) is 4.51. The second kappa shape index (κ2) is 5.64. The lowest BCUT2D eigenvalue weighted by Gasteiger charge is -2.24. The van der Waals surface area contributed by atoms with Gasteiger partial charge in [0.2, 0.25) is 0 Å². The number of aromatic nitrogens is 2. The van der Waals surface area contributed by atoms with E-state index in [2.05, 4.69) is 10.4 Å². The van der Waals surface area contributed by atoms with Crippen molar-refractivity contribution in [3.05, 3.63) is 18.0 Å². The normalized spacial score (nSPS) is 22.4. The highest BCUT2D eigenvalue weighted by molar-refractivity contribution is 7.99. The maximum absolute atomic E-state index is 12.1. The van der Waals surface area contributed by atoms with Crippen LogP contribution in [0.1, 0.15) is 30.1 Å². The summed E-state index contributed by atoms with van der Waals surface area (Å²) in [5.41, 5.74) is -0.722. The molecule has 2 heterocycles. The number of carbonyl (C=O) groups excluding carboxylic acids is 1. The van der Waals surface area contributed by atoms with Crippen molar-refractivity contribution in [3.8, 4) is 0 Å². The molecular formula is C12H17N3O3S. The molecule has 1 aliphatic heterocycles. The van der Waals surface area contributed by atoms with E-state index < -0.39 is 11.5 Å². The molecule has 1 atom stereocenters. The highest BCUT2D eigenvalue weighted by Crippen LogP contribution is 2.28. The first-order valence-corrected chi connectivity index (χ1v) is 7.39. The summed E-state index contributed by atoms with van der Waals surface area (Å²) in [6.45, 7) is 2.77. The van der Waals surface area contributed by atoms with Crippen LogP contribution in [0, 0.1) is 0 Å². The number of carboxylic acids is 1. The quantitative estimate of drug-likeness (QED) is 0.841. The largest absolute Gasteiger partial charge is 0.479 e. The highest BCUT2D eigenvalue weighted by Gasteiger charge is 2.43. The van der Waals surface area contributed by atoms with Crippen LogP contribution >= 0.6 is 11.8 Å². The van der Waals surface area contributed by atoms with Gasteiger partial charge in [-0.3, -0.25) is 9.48 Å². The predicted molar refractivity (Wildman–Crippen MR) is 72.3 cm³/mol. The molecule has 2 rings (SSSR count). The molecule has 0 aromatic carbocycles. The Balaban J connectivity index is 2.08. The first kappa shape index (κ1) is 13.9. The Bertz CT molecular complexity index is 480. The van der Waals surface area contributed by atoms with Gasteiger partial charge in [-0.05, 0) is 18.6 Å². The van der Waals surface area contributed by atoms with Crippen molar-refractivity contribution in [3.63, 3.8) is 0 Å². The van der Waals surface area contributed by atoms with E-state index in [9.17, 15) is 14.7 Å². The molecule has 2 N–H and O–H groups in total. The van der Waals surface area contributed by atoms with Gasteiger partial charge in [-0.15, -0.1) is 0 Å². The molecule has 0 aliphatic carbocycles. The zero-order chi connectivity index (χ0) is 13.9. The number of nitrogens with zero attached hydrogens (tertiary/aromatic N) is 2. The van der Waals surface area contributed by atoms with Crippen LogP contribution in [0.25, 0.3) is 0 Å². The Hall–Kier alpha value is -1.50. The molecule has 0 radical (unpaired) electrons. The van der Waals surface area contributed by atoms with Gasteiger partial charge in [-0.2, -0.15) is 16.9 Å². The molecule has 1 fully saturated rings. The molecule has 0 saturated carbocycles. The summed E-state index contributed by atoms with van der Waals surface area (Å²) < 4.78 is 1.69. The van der Waals surface area contributed by atoms with E-state index >= 15 is 0 Å². The number of hydrogen-bond acceptors (Lipinski definition) is 4. The van der Waals surface area contributed by atoms with Crippen molar-refractivity contribution < 1.29 is 14.7 Å². The number of aliphatic carboxylic acids is 1. The Morgan fingerprint density at radius 1 is 1.63 bits per heavy atom. The van der Waals surface area contributed by atoms with Gasteiger partial charge in [0.25, 0.3) is 5.91 Å². The molecule has 7 heteroatoms. The lowest BCUT2D eigenvalue weighted by molar-refractivity contribution is -0.143. The maximum atomic E-state index is 12.1. The molecule has 1 amide bonds. The molecule has 1 aromatic rings. The van der Waals surface area contributed by atoms with E-state index in [0.717, 1.165) is 18.7 Å². The van der Waals surface area contributed by atoms with Gasteiger partial charge in [0.15, 0.2) is 0 Å². The molecule has 0 bridgehead atoms. The molecule has 1 aliphatic rings. The van der Waals surface area contributed by atoms with Gasteiger partial charge in [0.1, 0.15) is 5.54 Å². The SMILES string of the molecule is CCCn1cc(C(=O)NC2(C(=O)O)CCSC2)cn1. The number of aryl methyl sites for hydroxylation is 1. The zero-order valence-corrected chi connectivity index (χ0v) is 11.6. The van der Waals surface area contributed by atoms with Gasteiger partial charge < -0.3 is 10.4 Å². The van der Waals surface area contributed by atoms with Crippen LogP contribution < -0.4 is 5.32 Å². The fourth-order valence-electron chi connectivity index (χ4n) is 2.01. The molecule has 0 spiro atoms. The van der Waals surface area contributed by atoms with Crippen molar-refractivity contribution in [2.45, 2.75) is 31.8 Å². The summed E-state index contributed by atoms with van der Waals surface area (Å²) >= 11 is 1.54. The summed E-state index contributed by atoms with van der Waals surface area (Å²) in [5, 5.41) is 16.0. The maximum Gasteiger partial charge on any atom is 0.330 e. The summed E-state index contributed by atoms with van der Waals surface area (Å²) in [5.74, 6) is -0.169. The van der Waals surface area contributed by atoms with Gasteiger partial charge in [0.05, 0.1) is 11.8 Å². The minimum Gasteiger partial charge on any atom is -0.479 e. The summed E-state index contributed by atoms with van der Waals surface area (Å²) in [7, 11) is 0. The van der Waals surface area contributed by atoms with Crippen LogP contribution in [-0.4, -0.2) is 43.8 Å². The monoisotopic (exact) mass is 283 g/mol. The third-order valence-electron chi connectivity index (χ3n) is 3.13. The van der Waals surface area contributed by atoms with Crippen molar-refractivity contribution in [2.75, 3.05) is 11.5 Å². The number of carboxylic acid groups (broad SMARTS) is 1. The van der Waals surface area contributed by atoms with E-state index in [1.165, 1.54) is 6.20 Å². The van der Waals surface area contributed by atoms with E-state index in [1.807, 2.05) is 6.92 Å². The number of rotatable bonds is 5. The van der Waals surface area contributed by atoms with Crippen molar-refractivity contribution >= 4 is 23.6 Å². The van der Waals surface area contributed by atoms with Crippen LogP contribution in [0.2, 0.25) is 0 Å². The predicted octanol–water partition coefficient (Wildman–Crippen LogP) is 0.983. The van der Waals surface area contributed by atoms with Gasteiger partial charge >= 0.3 is 5.97 Å². The van der Waals surface area contributed by atoms with Crippen molar-refractivity contribution in [1.29, 1.82) is 0 Å². The van der Waals surface area contributed by atoms with Crippen LogP contribution in [0.15, 0.2) is 12.4 Å². The Morgan fingerprint density at radius 2 is 2.42 bits per heavy atom. The van der Waals surface area contributed by atoms with Crippen molar-refractivity contribution in [1.82, 2.24) is 15.1 Å². The number of hydrogen-bond donors (Lipinski definition) is 2. The smallest absolute Gasteiger partial charge is 0.330 e.